The number of anilines is 1. The number of benzene rings is 1. The highest BCUT2D eigenvalue weighted by molar-refractivity contribution is 5.99. The van der Waals surface area contributed by atoms with E-state index in [1.54, 1.807) is 0 Å². The lowest BCUT2D eigenvalue weighted by Gasteiger charge is -2.06. The number of carbonyl (C=O) groups excluding carboxylic acids is 1. The molecule has 4 rings (SSSR count). The third-order valence-corrected chi connectivity index (χ3v) is 4.21. The molecule has 1 aliphatic carbocycles. The first-order valence-electron chi connectivity index (χ1n) is 7.94. The lowest BCUT2D eigenvalue weighted by Crippen LogP contribution is -2.16. The molecular weight excluding hydrogens is 306 g/mol. The van der Waals surface area contributed by atoms with Crippen LogP contribution < -0.4 is 10.1 Å². The van der Waals surface area contributed by atoms with Crippen molar-refractivity contribution in [3.05, 3.63) is 42.5 Å². The minimum Gasteiger partial charge on any atom is -0.494 e. The summed E-state index contributed by atoms with van der Waals surface area (Å²) in [5.74, 6) is 1.52. The maximum Gasteiger partial charge on any atom is 0.229 e. The smallest absolute Gasteiger partial charge is 0.229 e. The average Bonchev–Trinajstić information content (AvgIpc) is 3.25. The van der Waals surface area contributed by atoms with Crippen LogP contribution in [0, 0.1) is 5.92 Å². The van der Waals surface area contributed by atoms with Crippen LogP contribution in [0.4, 0.5) is 5.82 Å². The SMILES string of the molecule is CCOc1ccc(C2CC2C(=O)Nc2ncnc3nc[nH]c23)cc1. The molecule has 1 aromatic carbocycles. The molecule has 2 aromatic heterocycles. The van der Waals surface area contributed by atoms with E-state index >= 15 is 0 Å². The minimum absolute atomic E-state index is 0.0246. The van der Waals surface area contributed by atoms with E-state index in [-0.39, 0.29) is 17.7 Å². The molecule has 0 bridgehead atoms. The van der Waals surface area contributed by atoms with Gasteiger partial charge in [0.15, 0.2) is 11.5 Å². The van der Waals surface area contributed by atoms with Gasteiger partial charge in [0, 0.05) is 5.92 Å². The van der Waals surface area contributed by atoms with Crippen molar-refractivity contribution < 1.29 is 9.53 Å². The fourth-order valence-electron chi connectivity index (χ4n) is 2.90. The van der Waals surface area contributed by atoms with E-state index in [0.717, 1.165) is 17.7 Å². The first-order valence-corrected chi connectivity index (χ1v) is 7.94. The zero-order chi connectivity index (χ0) is 16.5. The van der Waals surface area contributed by atoms with Crippen LogP contribution in [-0.2, 0) is 4.79 Å². The van der Waals surface area contributed by atoms with Gasteiger partial charge in [0.05, 0.1) is 12.9 Å². The van der Waals surface area contributed by atoms with Crippen LogP contribution in [0.2, 0.25) is 0 Å². The molecule has 7 nitrogen and oxygen atoms in total. The first kappa shape index (κ1) is 14.6. The van der Waals surface area contributed by atoms with Crippen LogP contribution in [-0.4, -0.2) is 32.4 Å². The summed E-state index contributed by atoms with van der Waals surface area (Å²) in [6.07, 6.45) is 3.78. The summed E-state index contributed by atoms with van der Waals surface area (Å²) in [5.41, 5.74) is 2.34. The number of amides is 1. The molecule has 7 heteroatoms. The topological polar surface area (TPSA) is 92.8 Å². The van der Waals surface area contributed by atoms with Crippen LogP contribution >= 0.6 is 0 Å². The van der Waals surface area contributed by atoms with Crippen molar-refractivity contribution in [2.24, 2.45) is 5.92 Å². The monoisotopic (exact) mass is 323 g/mol. The summed E-state index contributed by atoms with van der Waals surface area (Å²) in [7, 11) is 0. The number of imidazole rings is 1. The van der Waals surface area contributed by atoms with Gasteiger partial charge in [-0.1, -0.05) is 12.1 Å². The van der Waals surface area contributed by atoms with Crippen molar-refractivity contribution >= 4 is 22.9 Å². The third kappa shape index (κ3) is 2.68. The lowest BCUT2D eigenvalue weighted by atomic mass is 10.1. The van der Waals surface area contributed by atoms with E-state index in [2.05, 4.69) is 25.3 Å². The predicted molar refractivity (Wildman–Crippen MR) is 88.8 cm³/mol. The van der Waals surface area contributed by atoms with E-state index in [0.29, 0.717) is 23.6 Å². The fraction of sp³-hybridized carbons (Fsp3) is 0.294. The molecule has 24 heavy (non-hydrogen) atoms. The lowest BCUT2D eigenvalue weighted by molar-refractivity contribution is -0.117. The Morgan fingerprint density at radius 1 is 1.29 bits per heavy atom. The van der Waals surface area contributed by atoms with Gasteiger partial charge in [-0.3, -0.25) is 4.79 Å². The number of nitrogens with zero attached hydrogens (tertiary/aromatic N) is 3. The number of ether oxygens (including phenoxy) is 1. The Kier molecular flexibility index (Phi) is 3.60. The first-order chi connectivity index (χ1) is 11.8. The van der Waals surface area contributed by atoms with Gasteiger partial charge in [0.25, 0.3) is 0 Å². The second-order valence-electron chi connectivity index (χ2n) is 5.76. The zero-order valence-electron chi connectivity index (χ0n) is 13.2. The Bertz CT molecular complexity index is 874. The molecule has 0 spiro atoms. The number of aromatic amines is 1. The molecule has 1 fully saturated rings. The molecule has 1 aliphatic rings. The number of aromatic nitrogens is 4. The molecule has 1 amide bonds. The minimum atomic E-state index is -0.0316. The summed E-state index contributed by atoms with van der Waals surface area (Å²) < 4.78 is 5.44. The number of nitrogens with one attached hydrogen (secondary N) is 2. The average molecular weight is 323 g/mol. The highest BCUT2D eigenvalue weighted by atomic mass is 16.5. The molecule has 2 heterocycles. The maximum atomic E-state index is 12.5. The van der Waals surface area contributed by atoms with Gasteiger partial charge in [-0.05, 0) is 37.0 Å². The fourth-order valence-corrected chi connectivity index (χ4v) is 2.90. The largest absolute Gasteiger partial charge is 0.494 e. The second-order valence-corrected chi connectivity index (χ2v) is 5.76. The summed E-state index contributed by atoms with van der Waals surface area (Å²) >= 11 is 0. The van der Waals surface area contributed by atoms with Gasteiger partial charge in [-0.15, -0.1) is 0 Å². The molecule has 2 N–H and O–H groups in total. The van der Waals surface area contributed by atoms with E-state index in [9.17, 15) is 4.79 Å². The third-order valence-electron chi connectivity index (χ3n) is 4.21. The highest BCUT2D eigenvalue weighted by Gasteiger charge is 2.44. The Balaban J connectivity index is 1.44. The molecule has 2 unspecified atom stereocenters. The van der Waals surface area contributed by atoms with Gasteiger partial charge in [-0.2, -0.15) is 0 Å². The van der Waals surface area contributed by atoms with Crippen molar-refractivity contribution in [2.75, 3.05) is 11.9 Å². The van der Waals surface area contributed by atoms with Crippen LogP contribution in [0.15, 0.2) is 36.9 Å². The second kappa shape index (κ2) is 5.92. The van der Waals surface area contributed by atoms with Crippen LogP contribution in [0.3, 0.4) is 0 Å². The number of carbonyl (C=O) groups is 1. The summed E-state index contributed by atoms with van der Waals surface area (Å²) in [4.78, 5) is 27.6. The molecule has 2 atom stereocenters. The van der Waals surface area contributed by atoms with E-state index in [1.165, 1.54) is 12.7 Å². The van der Waals surface area contributed by atoms with Crippen molar-refractivity contribution in [3.63, 3.8) is 0 Å². The Morgan fingerprint density at radius 3 is 2.92 bits per heavy atom. The maximum absolute atomic E-state index is 12.5. The number of fused-ring (bicyclic) bond motifs is 1. The van der Waals surface area contributed by atoms with Crippen molar-refractivity contribution in [3.8, 4) is 5.75 Å². The van der Waals surface area contributed by atoms with Gasteiger partial charge in [-0.25, -0.2) is 15.0 Å². The predicted octanol–water partition coefficient (Wildman–Crippen LogP) is 2.49. The van der Waals surface area contributed by atoms with Crippen LogP contribution in [0.5, 0.6) is 5.75 Å². The molecular formula is C17H17N5O2. The quantitative estimate of drug-likeness (QED) is 0.752. The summed E-state index contributed by atoms with van der Waals surface area (Å²) in [5, 5.41) is 2.88. The summed E-state index contributed by atoms with van der Waals surface area (Å²) in [6, 6.07) is 7.96. The number of hydrogen-bond acceptors (Lipinski definition) is 5. The van der Waals surface area contributed by atoms with Crippen molar-refractivity contribution in [1.82, 2.24) is 19.9 Å². The molecule has 0 saturated heterocycles. The molecule has 1 saturated carbocycles. The van der Waals surface area contributed by atoms with E-state index < -0.39 is 0 Å². The molecule has 0 radical (unpaired) electrons. The number of hydrogen-bond donors (Lipinski definition) is 2. The standard InChI is InChI=1S/C17H17N5O2/c1-2-24-11-5-3-10(4-6-11)12-7-13(12)17(23)22-16-14-15(19-8-18-14)20-9-21-16/h3-6,8-9,12-13H,2,7H2,1H3,(H2,18,19,20,21,22,23). The Morgan fingerprint density at radius 2 is 2.12 bits per heavy atom. The molecule has 0 aliphatic heterocycles. The Hall–Kier alpha value is -2.96. The molecule has 3 aromatic rings. The molecule has 122 valence electrons. The number of H-pyrrole nitrogens is 1. The van der Waals surface area contributed by atoms with E-state index in [1.807, 2.05) is 31.2 Å². The zero-order valence-corrected chi connectivity index (χ0v) is 13.2. The van der Waals surface area contributed by atoms with E-state index in [4.69, 9.17) is 4.74 Å². The van der Waals surface area contributed by atoms with Gasteiger partial charge < -0.3 is 15.0 Å². The number of rotatable bonds is 5. The van der Waals surface area contributed by atoms with Gasteiger partial charge in [0.1, 0.15) is 17.6 Å². The van der Waals surface area contributed by atoms with Gasteiger partial charge >= 0.3 is 0 Å². The normalized spacial score (nSPS) is 19.2. The summed E-state index contributed by atoms with van der Waals surface area (Å²) in [6.45, 7) is 2.60. The van der Waals surface area contributed by atoms with Crippen molar-refractivity contribution in [2.45, 2.75) is 19.3 Å². The highest BCUT2D eigenvalue weighted by Crippen LogP contribution is 2.48. The van der Waals surface area contributed by atoms with Crippen LogP contribution in [0.1, 0.15) is 24.8 Å². The Labute approximate surface area is 138 Å². The van der Waals surface area contributed by atoms with Gasteiger partial charge in [0.2, 0.25) is 5.91 Å². The van der Waals surface area contributed by atoms with Crippen molar-refractivity contribution in [1.29, 1.82) is 0 Å². The van der Waals surface area contributed by atoms with Crippen LogP contribution in [0.25, 0.3) is 11.2 Å².